The van der Waals surface area contributed by atoms with E-state index in [0.717, 1.165) is 0 Å². The number of furan rings is 1. The van der Waals surface area contributed by atoms with Crippen LogP contribution in [0.3, 0.4) is 0 Å². The molecule has 3 N–H and O–H groups in total. The average Bonchev–Trinajstić information content (AvgIpc) is 2.81. The van der Waals surface area contributed by atoms with Gasteiger partial charge >= 0.3 is 0 Å². The van der Waals surface area contributed by atoms with Gasteiger partial charge in [-0.1, -0.05) is 6.07 Å². The lowest BCUT2D eigenvalue weighted by Gasteiger charge is -2.07. The molecule has 1 aromatic heterocycles. The monoisotopic (exact) mass is 324 g/mol. The highest BCUT2D eigenvalue weighted by Gasteiger charge is 2.11. The molecule has 2 aromatic rings. The van der Waals surface area contributed by atoms with E-state index in [4.69, 9.17) is 14.9 Å². The molecule has 0 atom stereocenters. The van der Waals surface area contributed by atoms with Crippen molar-refractivity contribution in [1.29, 1.82) is 0 Å². The standard InChI is InChI=1S/C13H13BrN2O3/c14-12-11(4-6-19-12)13(17)16-5-7-18-10-3-1-2-9(15)8-10/h1-4,6,8H,5,7,15H2,(H,16,17). The third-order valence-electron chi connectivity index (χ3n) is 2.38. The molecule has 0 aliphatic carbocycles. The molecular formula is C13H13BrN2O3. The molecule has 0 unspecified atom stereocenters. The van der Waals surface area contributed by atoms with Gasteiger partial charge in [0.05, 0.1) is 18.4 Å². The van der Waals surface area contributed by atoms with Crippen molar-refractivity contribution in [3.8, 4) is 5.75 Å². The Hall–Kier alpha value is -1.95. The molecule has 1 aromatic carbocycles. The van der Waals surface area contributed by atoms with Crippen molar-refractivity contribution >= 4 is 27.5 Å². The third kappa shape index (κ3) is 3.75. The summed E-state index contributed by atoms with van der Waals surface area (Å²) in [4.78, 5) is 11.7. The van der Waals surface area contributed by atoms with E-state index in [-0.39, 0.29) is 5.91 Å². The zero-order valence-corrected chi connectivity index (χ0v) is 11.6. The van der Waals surface area contributed by atoms with Crippen LogP contribution in [0.2, 0.25) is 0 Å². The molecule has 5 nitrogen and oxygen atoms in total. The zero-order chi connectivity index (χ0) is 13.7. The number of hydrogen-bond acceptors (Lipinski definition) is 4. The predicted octanol–water partition coefficient (Wildman–Crippen LogP) is 2.43. The summed E-state index contributed by atoms with van der Waals surface area (Å²) in [5, 5.41) is 2.73. The van der Waals surface area contributed by atoms with E-state index >= 15 is 0 Å². The van der Waals surface area contributed by atoms with Crippen LogP contribution in [0, 0.1) is 0 Å². The fourth-order valence-electron chi connectivity index (χ4n) is 1.49. The Labute approximate surface area is 118 Å². The van der Waals surface area contributed by atoms with Crippen LogP contribution in [0.4, 0.5) is 5.69 Å². The van der Waals surface area contributed by atoms with E-state index in [1.54, 1.807) is 18.2 Å². The van der Waals surface area contributed by atoms with Crippen LogP contribution in [0.25, 0.3) is 0 Å². The van der Waals surface area contributed by atoms with Crippen molar-refractivity contribution in [1.82, 2.24) is 5.32 Å². The number of rotatable bonds is 5. The lowest BCUT2D eigenvalue weighted by atomic mass is 10.3. The molecule has 0 aliphatic rings. The van der Waals surface area contributed by atoms with Gasteiger partial charge in [0, 0.05) is 11.8 Å². The number of halogens is 1. The number of anilines is 1. The van der Waals surface area contributed by atoms with E-state index in [1.807, 2.05) is 12.1 Å². The largest absolute Gasteiger partial charge is 0.492 e. The number of carbonyl (C=O) groups excluding carboxylic acids is 1. The van der Waals surface area contributed by atoms with E-state index in [0.29, 0.717) is 34.8 Å². The van der Waals surface area contributed by atoms with Crippen molar-refractivity contribution in [2.24, 2.45) is 0 Å². The van der Waals surface area contributed by atoms with Crippen LogP contribution in [0.15, 0.2) is 45.7 Å². The van der Waals surface area contributed by atoms with Crippen molar-refractivity contribution in [2.75, 3.05) is 18.9 Å². The van der Waals surface area contributed by atoms with Crippen LogP contribution >= 0.6 is 15.9 Å². The van der Waals surface area contributed by atoms with E-state index in [9.17, 15) is 4.79 Å². The maximum atomic E-state index is 11.7. The average molecular weight is 325 g/mol. The lowest BCUT2D eigenvalue weighted by molar-refractivity contribution is 0.0945. The second-order valence-corrected chi connectivity index (χ2v) is 4.51. The molecule has 0 fully saturated rings. The minimum Gasteiger partial charge on any atom is -0.492 e. The molecule has 0 aliphatic heterocycles. The number of carbonyl (C=O) groups is 1. The highest BCUT2D eigenvalue weighted by atomic mass is 79.9. The van der Waals surface area contributed by atoms with Crippen LogP contribution in [0.5, 0.6) is 5.75 Å². The fraction of sp³-hybridized carbons (Fsp3) is 0.154. The van der Waals surface area contributed by atoms with Crippen molar-refractivity contribution in [3.05, 3.63) is 46.8 Å². The summed E-state index contributed by atoms with van der Waals surface area (Å²) in [6.45, 7) is 0.760. The molecule has 0 bridgehead atoms. The Morgan fingerprint density at radius 1 is 1.42 bits per heavy atom. The first-order valence-corrected chi connectivity index (χ1v) is 6.45. The van der Waals surface area contributed by atoms with Crippen molar-refractivity contribution < 1.29 is 13.9 Å². The first kappa shape index (κ1) is 13.5. The number of ether oxygens (including phenoxy) is 1. The van der Waals surface area contributed by atoms with Gasteiger partial charge in [-0.15, -0.1) is 0 Å². The Balaban J connectivity index is 1.75. The molecule has 1 heterocycles. The first-order chi connectivity index (χ1) is 9.16. The van der Waals surface area contributed by atoms with Crippen LogP contribution in [-0.2, 0) is 0 Å². The maximum absolute atomic E-state index is 11.7. The zero-order valence-electron chi connectivity index (χ0n) is 10.1. The van der Waals surface area contributed by atoms with Crippen LogP contribution in [0.1, 0.15) is 10.4 Å². The van der Waals surface area contributed by atoms with Gasteiger partial charge in [0.25, 0.3) is 5.91 Å². The predicted molar refractivity (Wildman–Crippen MR) is 75.1 cm³/mol. The minimum atomic E-state index is -0.211. The first-order valence-electron chi connectivity index (χ1n) is 5.66. The van der Waals surface area contributed by atoms with Gasteiger partial charge in [-0.3, -0.25) is 4.79 Å². The number of amides is 1. The van der Waals surface area contributed by atoms with Gasteiger partial charge in [0.1, 0.15) is 12.4 Å². The van der Waals surface area contributed by atoms with Gasteiger partial charge in [0.15, 0.2) is 4.67 Å². The van der Waals surface area contributed by atoms with Gasteiger partial charge < -0.3 is 20.2 Å². The number of nitrogens with one attached hydrogen (secondary N) is 1. The van der Waals surface area contributed by atoms with Gasteiger partial charge in [0.2, 0.25) is 0 Å². The van der Waals surface area contributed by atoms with Gasteiger partial charge in [-0.2, -0.15) is 0 Å². The Morgan fingerprint density at radius 2 is 2.26 bits per heavy atom. The molecule has 0 saturated carbocycles. The summed E-state index contributed by atoms with van der Waals surface area (Å²) >= 11 is 3.15. The van der Waals surface area contributed by atoms with E-state index in [1.165, 1.54) is 6.26 Å². The third-order valence-corrected chi connectivity index (χ3v) is 2.99. The quantitative estimate of drug-likeness (QED) is 0.654. The minimum absolute atomic E-state index is 0.211. The topological polar surface area (TPSA) is 77.5 Å². The number of benzene rings is 1. The highest BCUT2D eigenvalue weighted by Crippen LogP contribution is 2.17. The summed E-state index contributed by atoms with van der Waals surface area (Å²) in [7, 11) is 0. The lowest BCUT2D eigenvalue weighted by Crippen LogP contribution is -2.28. The van der Waals surface area contributed by atoms with E-state index in [2.05, 4.69) is 21.2 Å². The molecule has 0 saturated heterocycles. The Kier molecular flexibility index (Phi) is 4.46. The summed E-state index contributed by atoms with van der Waals surface area (Å²) < 4.78 is 10.9. The second kappa shape index (κ2) is 6.29. The molecule has 1 amide bonds. The number of hydrogen-bond donors (Lipinski definition) is 2. The smallest absolute Gasteiger partial charge is 0.255 e. The molecule has 19 heavy (non-hydrogen) atoms. The molecule has 6 heteroatoms. The summed E-state index contributed by atoms with van der Waals surface area (Å²) in [6, 6.07) is 8.73. The van der Waals surface area contributed by atoms with Crippen LogP contribution in [-0.4, -0.2) is 19.1 Å². The fourth-order valence-corrected chi connectivity index (χ4v) is 1.91. The van der Waals surface area contributed by atoms with Crippen LogP contribution < -0.4 is 15.8 Å². The maximum Gasteiger partial charge on any atom is 0.255 e. The summed E-state index contributed by atoms with van der Waals surface area (Å²) in [5.41, 5.74) is 6.73. The summed E-state index contributed by atoms with van der Waals surface area (Å²) in [5.74, 6) is 0.468. The molecule has 2 rings (SSSR count). The second-order valence-electron chi connectivity index (χ2n) is 3.78. The van der Waals surface area contributed by atoms with E-state index < -0.39 is 0 Å². The molecular weight excluding hydrogens is 312 g/mol. The van der Waals surface area contributed by atoms with Crippen molar-refractivity contribution in [2.45, 2.75) is 0 Å². The van der Waals surface area contributed by atoms with Gasteiger partial charge in [-0.25, -0.2) is 0 Å². The van der Waals surface area contributed by atoms with Crippen molar-refractivity contribution in [3.63, 3.8) is 0 Å². The SMILES string of the molecule is Nc1cccc(OCCNC(=O)c2ccoc2Br)c1. The summed E-state index contributed by atoms with van der Waals surface area (Å²) in [6.07, 6.45) is 1.45. The Bertz CT molecular complexity index is 569. The van der Waals surface area contributed by atoms with Gasteiger partial charge in [-0.05, 0) is 34.1 Å². The molecule has 0 spiro atoms. The highest BCUT2D eigenvalue weighted by molar-refractivity contribution is 9.10. The Morgan fingerprint density at radius 3 is 2.95 bits per heavy atom. The molecule has 0 radical (unpaired) electrons. The molecule has 100 valence electrons. The number of nitrogens with two attached hydrogens (primary N) is 1. The number of nitrogen functional groups attached to an aromatic ring is 1. The normalized spacial score (nSPS) is 10.2.